The molecule has 1 aliphatic heterocycles. The molecule has 1 aromatic heterocycles. The molecule has 9 heteroatoms. The summed E-state index contributed by atoms with van der Waals surface area (Å²) in [5.74, 6) is 1.25. The average molecular weight is 433 g/mol. The van der Waals surface area contributed by atoms with Crippen molar-refractivity contribution in [2.24, 2.45) is 0 Å². The first-order valence-corrected chi connectivity index (χ1v) is 10.3. The molecule has 2 aromatic rings. The second-order valence-corrected chi connectivity index (χ2v) is 7.34. The van der Waals surface area contributed by atoms with Crippen molar-refractivity contribution in [1.82, 2.24) is 14.9 Å². The van der Waals surface area contributed by atoms with Crippen LogP contribution >= 0.6 is 11.6 Å². The van der Waals surface area contributed by atoms with E-state index in [-0.39, 0.29) is 30.8 Å². The van der Waals surface area contributed by atoms with Crippen LogP contribution in [-0.4, -0.2) is 59.0 Å². The van der Waals surface area contributed by atoms with Crippen LogP contribution in [-0.2, 0) is 14.3 Å². The Labute approximate surface area is 180 Å². The van der Waals surface area contributed by atoms with Crippen molar-refractivity contribution < 1.29 is 19.1 Å². The fourth-order valence-electron chi connectivity index (χ4n) is 3.32. The van der Waals surface area contributed by atoms with E-state index in [0.717, 1.165) is 5.82 Å². The summed E-state index contributed by atoms with van der Waals surface area (Å²) in [6.07, 6.45) is 1.71. The quantitative estimate of drug-likeness (QED) is 0.620. The van der Waals surface area contributed by atoms with Gasteiger partial charge in [-0.3, -0.25) is 9.59 Å². The Morgan fingerprint density at radius 1 is 1.20 bits per heavy atom. The van der Waals surface area contributed by atoms with Crippen LogP contribution in [0.2, 0.25) is 5.02 Å². The van der Waals surface area contributed by atoms with E-state index in [1.165, 1.54) is 6.33 Å². The van der Waals surface area contributed by atoms with Crippen molar-refractivity contribution in [3.05, 3.63) is 41.7 Å². The van der Waals surface area contributed by atoms with Gasteiger partial charge in [0.15, 0.2) is 0 Å². The van der Waals surface area contributed by atoms with Crippen LogP contribution in [0.3, 0.4) is 0 Å². The van der Waals surface area contributed by atoms with E-state index in [2.05, 4.69) is 14.9 Å². The number of rotatable bonds is 7. The molecule has 0 radical (unpaired) electrons. The molecule has 160 valence electrons. The summed E-state index contributed by atoms with van der Waals surface area (Å²) in [7, 11) is 0. The first-order valence-electron chi connectivity index (χ1n) is 9.92. The minimum absolute atomic E-state index is 0.0173. The Bertz CT molecular complexity index is 895. The maximum absolute atomic E-state index is 12.5. The SMILES string of the molecule is CCOC(=O)CCC(=O)N1CCN(c2cc(Oc3ccccc3Cl)ncn2)C[C@@H]1C. The van der Waals surface area contributed by atoms with Crippen LogP contribution < -0.4 is 9.64 Å². The highest BCUT2D eigenvalue weighted by atomic mass is 35.5. The second-order valence-electron chi connectivity index (χ2n) is 6.93. The number of nitrogens with zero attached hydrogens (tertiary/aromatic N) is 4. The van der Waals surface area contributed by atoms with Crippen LogP contribution in [0, 0.1) is 0 Å². The fourth-order valence-corrected chi connectivity index (χ4v) is 3.50. The van der Waals surface area contributed by atoms with Crippen molar-refractivity contribution >= 4 is 29.3 Å². The molecule has 0 N–H and O–H groups in total. The lowest BCUT2D eigenvalue weighted by molar-refractivity contribution is -0.146. The number of amides is 1. The highest BCUT2D eigenvalue weighted by Crippen LogP contribution is 2.29. The summed E-state index contributed by atoms with van der Waals surface area (Å²) < 4.78 is 10.7. The van der Waals surface area contributed by atoms with Gasteiger partial charge in [-0.1, -0.05) is 23.7 Å². The van der Waals surface area contributed by atoms with Crippen molar-refractivity contribution in [2.75, 3.05) is 31.1 Å². The third-order valence-electron chi connectivity index (χ3n) is 4.80. The predicted octanol–water partition coefficient (Wildman–Crippen LogP) is 3.30. The first-order chi connectivity index (χ1) is 14.5. The van der Waals surface area contributed by atoms with Gasteiger partial charge in [0.2, 0.25) is 11.8 Å². The van der Waals surface area contributed by atoms with Crippen molar-refractivity contribution in [3.8, 4) is 11.6 Å². The van der Waals surface area contributed by atoms with E-state index in [4.69, 9.17) is 21.1 Å². The summed E-state index contributed by atoms with van der Waals surface area (Å²) in [6.45, 7) is 5.85. The van der Waals surface area contributed by atoms with Crippen molar-refractivity contribution in [2.45, 2.75) is 32.7 Å². The minimum Gasteiger partial charge on any atom is -0.466 e. The van der Waals surface area contributed by atoms with Gasteiger partial charge in [0.25, 0.3) is 0 Å². The van der Waals surface area contributed by atoms with Crippen LogP contribution in [0.5, 0.6) is 11.6 Å². The Morgan fingerprint density at radius 2 is 2.00 bits per heavy atom. The van der Waals surface area contributed by atoms with Gasteiger partial charge in [0.05, 0.1) is 18.1 Å². The Hall–Kier alpha value is -2.87. The normalized spacial score (nSPS) is 16.3. The monoisotopic (exact) mass is 432 g/mol. The van der Waals surface area contributed by atoms with E-state index < -0.39 is 0 Å². The molecule has 0 unspecified atom stereocenters. The average Bonchev–Trinajstić information content (AvgIpc) is 2.74. The molecule has 0 spiro atoms. The summed E-state index contributed by atoms with van der Waals surface area (Å²) in [4.78, 5) is 36.4. The van der Waals surface area contributed by atoms with Crippen molar-refractivity contribution in [1.29, 1.82) is 0 Å². The highest BCUT2D eigenvalue weighted by Gasteiger charge is 2.28. The fraction of sp³-hybridized carbons (Fsp3) is 0.429. The molecule has 0 saturated carbocycles. The number of ether oxygens (including phenoxy) is 2. The maximum atomic E-state index is 12.5. The molecule has 8 nitrogen and oxygen atoms in total. The smallest absolute Gasteiger partial charge is 0.306 e. The molecule has 1 saturated heterocycles. The molecule has 3 rings (SSSR count). The van der Waals surface area contributed by atoms with Gasteiger partial charge >= 0.3 is 5.97 Å². The number of carbonyl (C=O) groups is 2. The topological polar surface area (TPSA) is 84.9 Å². The molecule has 1 amide bonds. The third-order valence-corrected chi connectivity index (χ3v) is 5.11. The van der Waals surface area contributed by atoms with Crippen LogP contribution in [0.1, 0.15) is 26.7 Å². The minimum atomic E-state index is -0.343. The lowest BCUT2D eigenvalue weighted by atomic mass is 10.1. The van der Waals surface area contributed by atoms with E-state index in [1.807, 2.05) is 19.1 Å². The molecule has 0 aliphatic carbocycles. The van der Waals surface area contributed by atoms with Crippen LogP contribution in [0.4, 0.5) is 5.82 Å². The van der Waals surface area contributed by atoms with Crippen LogP contribution in [0.25, 0.3) is 0 Å². The third kappa shape index (κ3) is 5.60. The molecule has 2 heterocycles. The van der Waals surface area contributed by atoms with E-state index in [1.54, 1.807) is 30.0 Å². The molecule has 1 aliphatic rings. The lowest BCUT2D eigenvalue weighted by Crippen LogP contribution is -2.54. The van der Waals surface area contributed by atoms with Crippen LogP contribution in [0.15, 0.2) is 36.7 Å². The molecule has 1 aromatic carbocycles. The van der Waals surface area contributed by atoms with Gasteiger partial charge in [-0.2, -0.15) is 0 Å². The summed E-state index contributed by atoms with van der Waals surface area (Å²) >= 11 is 6.14. The maximum Gasteiger partial charge on any atom is 0.306 e. The standard InChI is InChI=1S/C21H25ClN4O4/c1-3-29-21(28)9-8-20(27)26-11-10-25(13-15(26)2)18-12-19(24-14-23-18)30-17-7-5-4-6-16(17)22/h4-7,12,14-15H,3,8-11,13H2,1-2H3/t15-/m0/s1. The van der Waals surface area contributed by atoms with E-state index in [0.29, 0.717) is 42.9 Å². The first kappa shape index (κ1) is 21.8. The zero-order chi connectivity index (χ0) is 21.5. The molecule has 1 atom stereocenters. The number of piperazine rings is 1. The lowest BCUT2D eigenvalue weighted by Gasteiger charge is -2.40. The number of anilines is 1. The number of hydrogen-bond donors (Lipinski definition) is 0. The summed E-state index contributed by atoms with van der Waals surface area (Å²) in [6, 6.07) is 8.93. The number of para-hydroxylation sites is 1. The zero-order valence-electron chi connectivity index (χ0n) is 17.1. The van der Waals surface area contributed by atoms with Gasteiger partial charge in [-0.05, 0) is 26.0 Å². The number of hydrogen-bond acceptors (Lipinski definition) is 7. The number of halogens is 1. The van der Waals surface area contributed by atoms with Crippen molar-refractivity contribution in [3.63, 3.8) is 0 Å². The Morgan fingerprint density at radius 3 is 2.73 bits per heavy atom. The number of carbonyl (C=O) groups excluding carboxylic acids is 2. The van der Waals surface area contributed by atoms with Gasteiger partial charge in [0, 0.05) is 38.2 Å². The Kier molecular flexibility index (Phi) is 7.46. The molecule has 0 bridgehead atoms. The Balaban J connectivity index is 1.59. The summed E-state index contributed by atoms with van der Waals surface area (Å²) in [5, 5.41) is 0.501. The highest BCUT2D eigenvalue weighted by molar-refractivity contribution is 6.32. The summed E-state index contributed by atoms with van der Waals surface area (Å²) in [5.41, 5.74) is 0. The number of benzene rings is 1. The molecule has 30 heavy (non-hydrogen) atoms. The van der Waals surface area contributed by atoms with Gasteiger partial charge in [0.1, 0.15) is 17.9 Å². The molecular weight excluding hydrogens is 408 g/mol. The largest absolute Gasteiger partial charge is 0.466 e. The van der Waals surface area contributed by atoms with E-state index in [9.17, 15) is 9.59 Å². The van der Waals surface area contributed by atoms with Gasteiger partial charge in [-0.15, -0.1) is 0 Å². The number of aromatic nitrogens is 2. The zero-order valence-corrected chi connectivity index (χ0v) is 17.8. The predicted molar refractivity (Wildman–Crippen MR) is 113 cm³/mol. The number of esters is 1. The second kappa shape index (κ2) is 10.2. The molecule has 1 fully saturated rings. The van der Waals surface area contributed by atoms with Gasteiger partial charge in [-0.25, -0.2) is 9.97 Å². The van der Waals surface area contributed by atoms with Gasteiger partial charge < -0.3 is 19.3 Å². The molecular formula is C21H25ClN4O4. The van der Waals surface area contributed by atoms with E-state index >= 15 is 0 Å².